The molecule has 1 aliphatic carbocycles. The summed E-state index contributed by atoms with van der Waals surface area (Å²) in [6.45, 7) is 8.95. The molecule has 2 saturated heterocycles. The fourth-order valence-electron chi connectivity index (χ4n) is 7.07. The number of piperazine rings is 1. The number of aromatic nitrogens is 3. The zero-order chi connectivity index (χ0) is 32.8. The Morgan fingerprint density at radius 3 is 2.33 bits per heavy atom. The minimum atomic E-state index is -4.44. The number of alkyl halides is 3. The Labute approximate surface area is 260 Å². The zero-order valence-corrected chi connectivity index (χ0v) is 26.4. The van der Waals surface area contributed by atoms with Crippen LogP contribution in [0, 0.1) is 11.3 Å². The van der Waals surface area contributed by atoms with Crippen molar-refractivity contribution >= 4 is 28.9 Å². The number of piperidine rings is 1. The molecule has 1 saturated carbocycles. The highest BCUT2D eigenvalue weighted by Crippen LogP contribution is 2.52. The van der Waals surface area contributed by atoms with Gasteiger partial charge in [0, 0.05) is 63.0 Å². The number of pyridine rings is 1. The minimum Gasteiger partial charge on any atom is -0.444 e. The number of carbonyl (C=O) groups is 2. The van der Waals surface area contributed by atoms with Crippen LogP contribution in [-0.4, -0.2) is 98.1 Å². The van der Waals surface area contributed by atoms with Gasteiger partial charge >= 0.3 is 12.3 Å². The van der Waals surface area contributed by atoms with E-state index in [0.29, 0.717) is 55.9 Å². The SMILES string of the molecule is C[C@H](CC(F)(F)F)C(=O)N1CCC(O)(Cn2ccc3nc(N4CCN(C(=O)OC(C)(C)C)CC4)ncc3c2=O)C2(CCCC2)C1. The predicted octanol–water partition coefficient (Wildman–Crippen LogP) is 3.96. The van der Waals surface area contributed by atoms with Crippen LogP contribution in [0.4, 0.5) is 23.9 Å². The highest BCUT2D eigenvalue weighted by molar-refractivity contribution is 5.79. The van der Waals surface area contributed by atoms with E-state index in [1.165, 1.54) is 22.6 Å². The van der Waals surface area contributed by atoms with Crippen molar-refractivity contribution in [1.82, 2.24) is 24.3 Å². The summed E-state index contributed by atoms with van der Waals surface area (Å²) in [6.07, 6.45) is 0.167. The first-order valence-corrected chi connectivity index (χ1v) is 15.7. The zero-order valence-electron chi connectivity index (χ0n) is 26.4. The fourth-order valence-corrected chi connectivity index (χ4v) is 7.07. The van der Waals surface area contributed by atoms with Crippen molar-refractivity contribution in [3.05, 3.63) is 28.8 Å². The van der Waals surface area contributed by atoms with Gasteiger partial charge in [0.05, 0.1) is 29.5 Å². The van der Waals surface area contributed by atoms with E-state index < -0.39 is 41.0 Å². The van der Waals surface area contributed by atoms with Crippen LogP contribution in [0.1, 0.15) is 66.2 Å². The topological polar surface area (TPSA) is 121 Å². The van der Waals surface area contributed by atoms with Gasteiger partial charge in [0.1, 0.15) is 5.60 Å². The average Bonchev–Trinajstić information content (AvgIpc) is 3.44. The van der Waals surface area contributed by atoms with Crippen molar-refractivity contribution in [2.24, 2.45) is 11.3 Å². The Bertz CT molecular complexity index is 1480. The first-order valence-electron chi connectivity index (χ1n) is 15.7. The van der Waals surface area contributed by atoms with E-state index >= 15 is 0 Å². The second-order valence-electron chi connectivity index (χ2n) is 13.9. The van der Waals surface area contributed by atoms with Gasteiger partial charge in [-0.1, -0.05) is 19.8 Å². The van der Waals surface area contributed by atoms with E-state index in [2.05, 4.69) is 9.97 Å². The number of hydrogen-bond acceptors (Lipinski definition) is 8. The standard InChI is InChI=1S/C31H43F3N6O5/c1-21(17-31(32,33)34)24(41)40-12-10-30(44,29(19-40)8-5-6-9-29)20-39-11-7-23-22(25(39)42)18-35-26(36-23)37-13-15-38(16-14-37)27(43)45-28(2,3)4/h7,11,18,21,44H,5-6,8-10,12-17,19-20H2,1-4H3/t21-,30?/m1/s1. The van der Waals surface area contributed by atoms with E-state index in [-0.39, 0.29) is 37.7 Å². The Balaban J connectivity index is 1.30. The molecule has 1 unspecified atom stereocenters. The number of hydrogen-bond donors (Lipinski definition) is 1. The smallest absolute Gasteiger partial charge is 0.410 e. The number of likely N-dealkylation sites (tertiary alicyclic amines) is 1. The Morgan fingerprint density at radius 1 is 1.04 bits per heavy atom. The summed E-state index contributed by atoms with van der Waals surface area (Å²) < 4.78 is 45.8. The van der Waals surface area contributed by atoms with Crippen LogP contribution in [0.5, 0.6) is 0 Å². The number of carbonyl (C=O) groups excluding carboxylic acids is 2. The number of nitrogens with zero attached hydrogens (tertiary/aromatic N) is 6. The second-order valence-corrected chi connectivity index (χ2v) is 13.9. The summed E-state index contributed by atoms with van der Waals surface area (Å²) in [5.74, 6) is -1.30. The summed E-state index contributed by atoms with van der Waals surface area (Å²) in [7, 11) is 0. The summed E-state index contributed by atoms with van der Waals surface area (Å²) in [5.41, 5.74) is -2.51. The molecule has 11 nitrogen and oxygen atoms in total. The van der Waals surface area contributed by atoms with E-state index in [1.807, 2.05) is 25.7 Å². The lowest BCUT2D eigenvalue weighted by atomic mass is 9.65. The molecule has 2 atom stereocenters. The summed E-state index contributed by atoms with van der Waals surface area (Å²) >= 11 is 0. The fraction of sp³-hybridized carbons (Fsp3) is 0.710. The Morgan fingerprint density at radius 2 is 1.71 bits per heavy atom. The number of aliphatic hydroxyl groups is 1. The van der Waals surface area contributed by atoms with Crippen LogP contribution in [0.25, 0.3) is 10.9 Å². The molecule has 1 spiro atoms. The molecule has 0 radical (unpaired) electrons. The molecule has 0 aromatic carbocycles. The van der Waals surface area contributed by atoms with Crippen molar-refractivity contribution in [3.8, 4) is 0 Å². The molecule has 4 heterocycles. The van der Waals surface area contributed by atoms with Crippen LogP contribution in [0.2, 0.25) is 0 Å². The van der Waals surface area contributed by atoms with Crippen LogP contribution >= 0.6 is 0 Å². The molecule has 2 aromatic rings. The van der Waals surface area contributed by atoms with Gasteiger partial charge in [-0.15, -0.1) is 0 Å². The first-order chi connectivity index (χ1) is 21.0. The molecule has 1 N–H and O–H groups in total. The Kier molecular flexibility index (Phi) is 8.84. The highest BCUT2D eigenvalue weighted by Gasteiger charge is 2.56. The van der Waals surface area contributed by atoms with Gasteiger partial charge < -0.3 is 29.1 Å². The molecular weight excluding hydrogens is 593 g/mol. The third kappa shape index (κ3) is 7.05. The van der Waals surface area contributed by atoms with Crippen molar-refractivity contribution in [3.63, 3.8) is 0 Å². The van der Waals surface area contributed by atoms with Gasteiger partial charge in [0.15, 0.2) is 0 Å². The number of rotatable bonds is 5. The van der Waals surface area contributed by atoms with Crippen LogP contribution in [0.3, 0.4) is 0 Å². The molecule has 2 aliphatic heterocycles. The van der Waals surface area contributed by atoms with E-state index in [1.54, 1.807) is 17.2 Å². The lowest BCUT2D eigenvalue weighted by Gasteiger charge is -2.52. The van der Waals surface area contributed by atoms with E-state index in [4.69, 9.17) is 4.74 Å². The maximum absolute atomic E-state index is 13.6. The molecule has 5 rings (SSSR count). The normalized spacial score (nSPS) is 23.1. The van der Waals surface area contributed by atoms with Gasteiger partial charge in [-0.25, -0.2) is 14.8 Å². The molecule has 2 amide bonds. The second kappa shape index (κ2) is 12.1. The number of amides is 2. The molecule has 3 aliphatic rings. The van der Waals surface area contributed by atoms with Crippen molar-refractivity contribution in [2.75, 3.05) is 44.2 Å². The third-order valence-electron chi connectivity index (χ3n) is 9.46. The maximum atomic E-state index is 13.6. The quantitative estimate of drug-likeness (QED) is 0.524. The predicted molar refractivity (Wildman–Crippen MR) is 161 cm³/mol. The van der Waals surface area contributed by atoms with Gasteiger partial charge in [-0.3, -0.25) is 9.59 Å². The maximum Gasteiger partial charge on any atom is 0.410 e. The molecule has 2 aromatic heterocycles. The molecule has 248 valence electrons. The number of halogens is 3. The van der Waals surface area contributed by atoms with E-state index in [0.717, 1.165) is 12.8 Å². The largest absolute Gasteiger partial charge is 0.444 e. The van der Waals surface area contributed by atoms with Crippen LogP contribution in [-0.2, 0) is 16.1 Å². The minimum absolute atomic E-state index is 0.00369. The lowest BCUT2D eigenvalue weighted by Crippen LogP contribution is -2.62. The number of anilines is 1. The molecule has 14 heteroatoms. The van der Waals surface area contributed by atoms with Gasteiger partial charge in [0.2, 0.25) is 11.9 Å². The van der Waals surface area contributed by atoms with Gasteiger partial charge in [-0.05, 0) is 46.1 Å². The van der Waals surface area contributed by atoms with Crippen molar-refractivity contribution in [1.29, 1.82) is 0 Å². The summed E-state index contributed by atoms with van der Waals surface area (Å²) in [4.78, 5) is 53.1. The van der Waals surface area contributed by atoms with Gasteiger partial charge in [0.25, 0.3) is 5.56 Å². The highest BCUT2D eigenvalue weighted by atomic mass is 19.4. The summed E-state index contributed by atoms with van der Waals surface area (Å²) in [5, 5.41) is 12.4. The molecule has 45 heavy (non-hydrogen) atoms. The van der Waals surface area contributed by atoms with Crippen LogP contribution in [0.15, 0.2) is 23.3 Å². The van der Waals surface area contributed by atoms with Gasteiger partial charge in [-0.2, -0.15) is 13.2 Å². The van der Waals surface area contributed by atoms with Crippen molar-refractivity contribution in [2.45, 2.75) is 90.1 Å². The third-order valence-corrected chi connectivity index (χ3v) is 9.46. The summed E-state index contributed by atoms with van der Waals surface area (Å²) in [6, 6.07) is 1.71. The first kappa shape index (κ1) is 33.0. The molecule has 3 fully saturated rings. The monoisotopic (exact) mass is 636 g/mol. The van der Waals surface area contributed by atoms with E-state index in [9.17, 15) is 32.7 Å². The number of fused-ring (bicyclic) bond motifs is 1. The van der Waals surface area contributed by atoms with Crippen LogP contribution < -0.4 is 10.5 Å². The number of ether oxygens (including phenoxy) is 1. The molecular formula is C31H43F3N6O5. The van der Waals surface area contributed by atoms with Crippen molar-refractivity contribution < 1.29 is 32.6 Å². The Hall–Kier alpha value is -3.42. The lowest BCUT2D eigenvalue weighted by molar-refractivity contribution is -0.172. The molecule has 0 bridgehead atoms. The average molecular weight is 637 g/mol.